The SMILES string of the molecule is CCc1ccc(Oc2cc(C#N)ccn2)cc1C1C(=O)C(C)(C)OC(C)(C)C1=O. The molecular formula is C23H24N2O4. The van der Waals surface area contributed by atoms with Gasteiger partial charge in [-0.3, -0.25) is 9.59 Å². The number of ketones is 2. The zero-order valence-corrected chi connectivity index (χ0v) is 17.3. The summed E-state index contributed by atoms with van der Waals surface area (Å²) in [6.07, 6.45) is 2.16. The Morgan fingerprint density at radius 2 is 1.76 bits per heavy atom. The van der Waals surface area contributed by atoms with Crippen LogP contribution in [0.15, 0.2) is 36.5 Å². The number of nitrogens with zero attached hydrogens (tertiary/aromatic N) is 2. The van der Waals surface area contributed by atoms with Gasteiger partial charge in [-0.05, 0) is 63.4 Å². The van der Waals surface area contributed by atoms with E-state index in [-0.39, 0.29) is 17.4 Å². The molecule has 0 unspecified atom stereocenters. The van der Waals surface area contributed by atoms with E-state index in [1.54, 1.807) is 45.9 Å². The molecule has 1 aromatic heterocycles. The largest absolute Gasteiger partial charge is 0.439 e. The smallest absolute Gasteiger partial charge is 0.220 e. The fourth-order valence-corrected chi connectivity index (χ4v) is 3.72. The second kappa shape index (κ2) is 7.41. The number of hydrogen-bond acceptors (Lipinski definition) is 6. The zero-order valence-electron chi connectivity index (χ0n) is 17.3. The Morgan fingerprint density at radius 1 is 1.10 bits per heavy atom. The molecule has 0 bridgehead atoms. The van der Waals surface area contributed by atoms with Gasteiger partial charge in [0.25, 0.3) is 0 Å². The first-order chi connectivity index (χ1) is 13.6. The van der Waals surface area contributed by atoms with Crippen molar-refractivity contribution in [3.05, 3.63) is 53.2 Å². The van der Waals surface area contributed by atoms with Crippen molar-refractivity contribution >= 4 is 11.6 Å². The van der Waals surface area contributed by atoms with E-state index in [1.165, 1.54) is 12.3 Å². The molecular weight excluding hydrogens is 368 g/mol. The fourth-order valence-electron chi connectivity index (χ4n) is 3.72. The summed E-state index contributed by atoms with van der Waals surface area (Å²) >= 11 is 0. The Hall–Kier alpha value is -3.04. The van der Waals surface area contributed by atoms with Crippen LogP contribution in [0.4, 0.5) is 0 Å². The van der Waals surface area contributed by atoms with Crippen LogP contribution in [-0.2, 0) is 20.7 Å². The van der Waals surface area contributed by atoms with Crippen LogP contribution in [0.1, 0.15) is 57.2 Å². The number of benzene rings is 1. The normalized spacial score (nSPS) is 18.3. The van der Waals surface area contributed by atoms with Gasteiger partial charge in [-0.2, -0.15) is 5.26 Å². The van der Waals surface area contributed by atoms with Crippen molar-refractivity contribution in [2.75, 3.05) is 0 Å². The summed E-state index contributed by atoms with van der Waals surface area (Å²) in [5.74, 6) is -0.741. The van der Waals surface area contributed by atoms with Crippen molar-refractivity contribution in [3.8, 4) is 17.7 Å². The summed E-state index contributed by atoms with van der Waals surface area (Å²) in [7, 11) is 0. The van der Waals surface area contributed by atoms with E-state index in [4.69, 9.17) is 14.7 Å². The Morgan fingerprint density at radius 3 is 2.34 bits per heavy atom. The number of carbonyl (C=O) groups is 2. The Bertz CT molecular complexity index is 992. The molecule has 1 saturated heterocycles. The highest BCUT2D eigenvalue weighted by Crippen LogP contribution is 2.40. The summed E-state index contributed by atoms with van der Waals surface area (Å²) in [6, 6.07) is 10.5. The van der Waals surface area contributed by atoms with Crippen molar-refractivity contribution in [2.24, 2.45) is 0 Å². The monoisotopic (exact) mass is 392 g/mol. The number of ether oxygens (including phenoxy) is 2. The molecule has 0 aliphatic carbocycles. The standard InChI is InChI=1S/C23H24N2O4/c1-6-15-7-8-16(28-18-11-14(13-24)9-10-25-18)12-17(15)19-20(26)22(2,3)29-23(4,5)21(19)27/h7-12,19H,6H2,1-5H3. The van der Waals surface area contributed by atoms with Crippen molar-refractivity contribution < 1.29 is 19.1 Å². The van der Waals surface area contributed by atoms with Gasteiger partial charge in [-0.1, -0.05) is 13.0 Å². The second-order valence-electron chi connectivity index (χ2n) is 8.09. The predicted octanol–water partition coefficient (Wildman–Crippen LogP) is 4.12. The van der Waals surface area contributed by atoms with Gasteiger partial charge >= 0.3 is 0 Å². The van der Waals surface area contributed by atoms with Crippen molar-refractivity contribution in [2.45, 2.75) is 58.2 Å². The minimum atomic E-state index is -1.08. The molecule has 6 heteroatoms. The van der Waals surface area contributed by atoms with Gasteiger partial charge in [0, 0.05) is 12.3 Å². The maximum absolute atomic E-state index is 13.1. The van der Waals surface area contributed by atoms with Crippen LogP contribution >= 0.6 is 0 Å². The van der Waals surface area contributed by atoms with Crippen molar-refractivity contribution in [1.29, 1.82) is 5.26 Å². The number of Topliss-reactive ketones (excluding diaryl/α,β-unsaturated/α-hetero) is 2. The summed E-state index contributed by atoms with van der Waals surface area (Å²) in [5, 5.41) is 9.05. The highest BCUT2D eigenvalue weighted by Gasteiger charge is 2.53. The van der Waals surface area contributed by atoms with E-state index < -0.39 is 17.1 Å². The molecule has 1 aliphatic rings. The molecule has 0 radical (unpaired) electrons. The molecule has 1 fully saturated rings. The molecule has 6 nitrogen and oxygen atoms in total. The predicted molar refractivity (Wildman–Crippen MR) is 107 cm³/mol. The van der Waals surface area contributed by atoms with Crippen LogP contribution in [0.2, 0.25) is 0 Å². The maximum Gasteiger partial charge on any atom is 0.220 e. The molecule has 150 valence electrons. The highest BCUT2D eigenvalue weighted by atomic mass is 16.5. The third kappa shape index (κ3) is 3.92. The lowest BCUT2D eigenvalue weighted by molar-refractivity contribution is -0.184. The topological polar surface area (TPSA) is 89.3 Å². The Labute approximate surface area is 170 Å². The highest BCUT2D eigenvalue weighted by molar-refractivity contribution is 6.15. The molecule has 3 rings (SSSR count). The molecule has 0 saturated carbocycles. The first-order valence-electron chi connectivity index (χ1n) is 9.54. The van der Waals surface area contributed by atoms with E-state index in [9.17, 15) is 9.59 Å². The van der Waals surface area contributed by atoms with Crippen LogP contribution in [-0.4, -0.2) is 27.8 Å². The molecule has 29 heavy (non-hydrogen) atoms. The van der Waals surface area contributed by atoms with E-state index >= 15 is 0 Å². The quantitative estimate of drug-likeness (QED) is 0.727. The maximum atomic E-state index is 13.1. The van der Waals surface area contributed by atoms with Crippen LogP contribution in [0.3, 0.4) is 0 Å². The molecule has 2 aromatic rings. The summed E-state index contributed by atoms with van der Waals surface area (Å²) in [6.45, 7) is 8.75. The third-order valence-electron chi connectivity index (χ3n) is 5.12. The van der Waals surface area contributed by atoms with Crippen LogP contribution in [0.5, 0.6) is 11.6 Å². The average molecular weight is 392 g/mol. The molecule has 0 spiro atoms. The number of aromatic nitrogens is 1. The molecule has 1 aromatic carbocycles. The number of hydrogen-bond donors (Lipinski definition) is 0. The molecule has 0 amide bonds. The summed E-state index contributed by atoms with van der Waals surface area (Å²) in [4.78, 5) is 30.4. The van der Waals surface area contributed by atoms with Gasteiger partial charge in [-0.15, -0.1) is 0 Å². The molecule has 2 heterocycles. The minimum Gasteiger partial charge on any atom is -0.439 e. The van der Waals surface area contributed by atoms with Gasteiger partial charge in [0.05, 0.1) is 11.6 Å². The summed E-state index contributed by atoms with van der Waals surface area (Å²) < 4.78 is 11.6. The van der Waals surface area contributed by atoms with Gasteiger partial charge in [0.1, 0.15) is 22.9 Å². The average Bonchev–Trinajstić information content (AvgIpc) is 2.66. The second-order valence-corrected chi connectivity index (χ2v) is 8.09. The molecule has 1 aliphatic heterocycles. The Kier molecular flexibility index (Phi) is 5.29. The number of rotatable bonds is 4. The summed E-state index contributed by atoms with van der Waals surface area (Å²) in [5.41, 5.74) is -0.199. The van der Waals surface area contributed by atoms with Crippen LogP contribution in [0.25, 0.3) is 0 Å². The van der Waals surface area contributed by atoms with Crippen molar-refractivity contribution in [1.82, 2.24) is 4.98 Å². The first kappa shape index (κ1) is 20.7. The van der Waals surface area contributed by atoms with Gasteiger partial charge < -0.3 is 9.47 Å². The van der Waals surface area contributed by atoms with E-state index in [0.29, 0.717) is 23.3 Å². The lowest BCUT2D eigenvalue weighted by Crippen LogP contribution is -2.58. The third-order valence-corrected chi connectivity index (χ3v) is 5.12. The number of pyridine rings is 1. The lowest BCUT2D eigenvalue weighted by Gasteiger charge is -2.43. The molecule has 0 N–H and O–H groups in total. The van der Waals surface area contributed by atoms with E-state index in [1.807, 2.05) is 19.1 Å². The van der Waals surface area contributed by atoms with Crippen LogP contribution < -0.4 is 4.74 Å². The number of carbonyl (C=O) groups excluding carboxylic acids is 2. The van der Waals surface area contributed by atoms with Gasteiger partial charge in [-0.25, -0.2) is 4.98 Å². The van der Waals surface area contributed by atoms with Crippen molar-refractivity contribution in [3.63, 3.8) is 0 Å². The van der Waals surface area contributed by atoms with E-state index in [0.717, 1.165) is 5.56 Å². The minimum absolute atomic E-state index is 0.265. The fraction of sp³-hybridized carbons (Fsp3) is 0.391. The number of aryl methyl sites for hydroxylation is 1. The Balaban J connectivity index is 2.06. The number of nitriles is 1. The van der Waals surface area contributed by atoms with Gasteiger partial charge in [0.2, 0.25) is 5.88 Å². The lowest BCUT2D eigenvalue weighted by atomic mass is 9.73. The van der Waals surface area contributed by atoms with Gasteiger partial charge in [0.15, 0.2) is 11.6 Å². The van der Waals surface area contributed by atoms with Crippen LogP contribution in [0, 0.1) is 11.3 Å². The molecule has 0 atom stereocenters. The van der Waals surface area contributed by atoms with E-state index in [2.05, 4.69) is 4.98 Å². The zero-order chi connectivity index (χ0) is 21.4. The first-order valence-corrected chi connectivity index (χ1v) is 9.54.